The monoisotopic (exact) mass is 303 g/mol. The van der Waals surface area contributed by atoms with Gasteiger partial charge in [-0.2, -0.15) is 0 Å². The Balaban J connectivity index is 2.09. The first-order valence-corrected chi connectivity index (χ1v) is 6.68. The zero-order valence-corrected chi connectivity index (χ0v) is 11.6. The van der Waals surface area contributed by atoms with Gasteiger partial charge in [-0.1, -0.05) is 35.9 Å². The molecule has 0 saturated carbocycles. The van der Waals surface area contributed by atoms with E-state index < -0.39 is 12.4 Å². The lowest BCUT2D eigenvalue weighted by Gasteiger charge is -2.10. The Labute approximate surface area is 125 Å². The minimum Gasteiger partial charge on any atom is -0.436 e. The van der Waals surface area contributed by atoms with Crippen molar-refractivity contribution in [2.75, 3.05) is 0 Å². The van der Waals surface area contributed by atoms with Gasteiger partial charge in [0.2, 0.25) is 0 Å². The lowest BCUT2D eigenvalue weighted by Crippen LogP contribution is -1.97. The first-order chi connectivity index (χ1) is 10.2. The number of hydrogen-bond donors (Lipinski definition) is 1. The fraction of sp³-hybridized carbons (Fsp3) is 0.0625. The summed E-state index contributed by atoms with van der Waals surface area (Å²) in [6, 6.07) is 12.2. The molecule has 0 spiro atoms. The molecule has 0 bridgehead atoms. The van der Waals surface area contributed by atoms with E-state index in [1.54, 1.807) is 12.1 Å². The number of nitrogens with zero attached hydrogens (tertiary/aromatic N) is 1. The van der Waals surface area contributed by atoms with E-state index in [9.17, 15) is 4.39 Å². The van der Waals surface area contributed by atoms with Crippen LogP contribution in [0.3, 0.4) is 0 Å². The predicted octanol–water partition coefficient (Wildman–Crippen LogP) is 4.31. The second kappa shape index (κ2) is 5.68. The summed E-state index contributed by atoms with van der Waals surface area (Å²) < 4.78 is 19.6. The van der Waals surface area contributed by atoms with Crippen LogP contribution in [0.4, 0.5) is 4.39 Å². The molecule has 1 aromatic heterocycles. The molecule has 0 saturated heterocycles. The zero-order chi connectivity index (χ0) is 14.8. The molecule has 5 heteroatoms. The molecule has 0 fully saturated rings. The molecule has 0 atom stereocenters. The molecule has 106 valence electrons. The summed E-state index contributed by atoms with van der Waals surface area (Å²) >= 11 is 6.13. The Kier molecular flexibility index (Phi) is 3.73. The van der Waals surface area contributed by atoms with Crippen LogP contribution in [0.2, 0.25) is 5.02 Å². The van der Waals surface area contributed by atoms with Crippen LogP contribution in [0.25, 0.3) is 10.8 Å². The Hall–Kier alpha value is -2.17. The van der Waals surface area contributed by atoms with Crippen molar-refractivity contribution in [2.24, 2.45) is 0 Å². The van der Waals surface area contributed by atoms with E-state index in [2.05, 4.69) is 4.98 Å². The van der Waals surface area contributed by atoms with E-state index in [4.69, 9.17) is 21.4 Å². The second-order valence-electron chi connectivity index (χ2n) is 4.44. The van der Waals surface area contributed by atoms with Gasteiger partial charge < -0.3 is 9.84 Å². The van der Waals surface area contributed by atoms with Crippen molar-refractivity contribution in [1.29, 1.82) is 0 Å². The molecule has 3 rings (SSSR count). The van der Waals surface area contributed by atoms with E-state index in [-0.39, 0.29) is 11.4 Å². The molecule has 1 heterocycles. The van der Waals surface area contributed by atoms with Gasteiger partial charge in [-0.25, -0.2) is 9.37 Å². The molecule has 0 aliphatic carbocycles. The van der Waals surface area contributed by atoms with E-state index in [0.717, 1.165) is 10.8 Å². The number of ether oxygens (including phenoxy) is 1. The minimum atomic E-state index is -0.668. The van der Waals surface area contributed by atoms with Crippen molar-refractivity contribution >= 4 is 22.4 Å². The highest BCUT2D eigenvalue weighted by Gasteiger charge is 2.13. The molecule has 0 aliphatic heterocycles. The number of halogens is 2. The highest BCUT2D eigenvalue weighted by molar-refractivity contribution is 6.35. The van der Waals surface area contributed by atoms with Crippen molar-refractivity contribution in [2.45, 2.75) is 6.61 Å². The summed E-state index contributed by atoms with van der Waals surface area (Å²) in [6.45, 7) is -0.411. The van der Waals surface area contributed by atoms with Gasteiger partial charge in [-0.15, -0.1) is 0 Å². The maximum absolute atomic E-state index is 14.1. The fourth-order valence-corrected chi connectivity index (χ4v) is 2.31. The lowest BCUT2D eigenvalue weighted by atomic mass is 10.1. The van der Waals surface area contributed by atoms with E-state index in [0.29, 0.717) is 10.8 Å². The largest absolute Gasteiger partial charge is 0.436 e. The number of benzene rings is 2. The summed E-state index contributed by atoms with van der Waals surface area (Å²) in [5.74, 6) is -0.385. The van der Waals surface area contributed by atoms with Gasteiger partial charge >= 0.3 is 0 Å². The first-order valence-electron chi connectivity index (χ1n) is 6.30. The van der Waals surface area contributed by atoms with Crippen LogP contribution in [0.15, 0.2) is 48.7 Å². The molecule has 21 heavy (non-hydrogen) atoms. The van der Waals surface area contributed by atoms with Crippen LogP contribution in [0.5, 0.6) is 11.6 Å². The minimum absolute atomic E-state index is 0.137. The van der Waals surface area contributed by atoms with Crippen molar-refractivity contribution in [3.63, 3.8) is 0 Å². The Morgan fingerprint density at radius 3 is 2.62 bits per heavy atom. The normalized spacial score (nSPS) is 10.8. The Morgan fingerprint density at radius 1 is 1.10 bits per heavy atom. The van der Waals surface area contributed by atoms with Gasteiger partial charge in [-0.05, 0) is 18.2 Å². The smallest absolute Gasteiger partial charge is 0.256 e. The topological polar surface area (TPSA) is 42.4 Å². The molecule has 0 radical (unpaired) electrons. The Morgan fingerprint density at radius 2 is 1.86 bits per heavy atom. The number of pyridine rings is 1. The predicted molar refractivity (Wildman–Crippen MR) is 79.1 cm³/mol. The van der Waals surface area contributed by atoms with Gasteiger partial charge in [0, 0.05) is 27.6 Å². The molecule has 0 amide bonds. The number of rotatable bonds is 3. The van der Waals surface area contributed by atoms with Crippen LogP contribution < -0.4 is 4.74 Å². The SMILES string of the molecule is OCc1ccnc(Oc2ccc(Cl)c3ccccc23)c1F. The third-order valence-corrected chi connectivity index (χ3v) is 3.47. The van der Waals surface area contributed by atoms with Crippen LogP contribution in [-0.2, 0) is 6.61 Å². The highest BCUT2D eigenvalue weighted by Crippen LogP contribution is 2.34. The van der Waals surface area contributed by atoms with Crippen LogP contribution in [-0.4, -0.2) is 10.1 Å². The molecule has 3 nitrogen and oxygen atoms in total. The van der Waals surface area contributed by atoms with Crippen LogP contribution >= 0.6 is 11.6 Å². The van der Waals surface area contributed by atoms with Gasteiger partial charge in [-0.3, -0.25) is 0 Å². The number of aliphatic hydroxyl groups is 1. The van der Waals surface area contributed by atoms with Gasteiger partial charge in [0.25, 0.3) is 5.88 Å². The van der Waals surface area contributed by atoms with E-state index in [1.165, 1.54) is 12.3 Å². The Bertz CT molecular complexity index is 807. The average Bonchev–Trinajstić information content (AvgIpc) is 2.52. The number of hydrogen-bond acceptors (Lipinski definition) is 3. The van der Waals surface area contributed by atoms with Gasteiger partial charge in [0.15, 0.2) is 5.82 Å². The molecule has 3 aromatic rings. The third kappa shape index (κ3) is 2.55. The third-order valence-electron chi connectivity index (χ3n) is 3.15. The maximum atomic E-state index is 14.1. The maximum Gasteiger partial charge on any atom is 0.256 e. The van der Waals surface area contributed by atoms with Crippen LogP contribution in [0, 0.1) is 5.82 Å². The zero-order valence-electron chi connectivity index (χ0n) is 10.9. The standard InChI is InChI=1S/C16H11ClFNO2/c17-13-5-6-14(12-4-2-1-3-11(12)13)21-16-15(18)10(9-20)7-8-19-16/h1-8,20H,9H2. The number of aliphatic hydroxyl groups excluding tert-OH is 1. The summed E-state index contributed by atoms with van der Waals surface area (Å²) in [5.41, 5.74) is 0.137. The molecular formula is C16H11ClFNO2. The van der Waals surface area contributed by atoms with Crippen LogP contribution in [0.1, 0.15) is 5.56 Å². The summed E-state index contributed by atoms with van der Waals surface area (Å²) in [4.78, 5) is 3.87. The number of aromatic nitrogens is 1. The fourth-order valence-electron chi connectivity index (χ4n) is 2.08. The highest BCUT2D eigenvalue weighted by atomic mass is 35.5. The van der Waals surface area contributed by atoms with Crippen molar-refractivity contribution in [1.82, 2.24) is 4.98 Å². The van der Waals surface area contributed by atoms with Gasteiger partial charge in [0.05, 0.1) is 6.61 Å². The molecule has 0 unspecified atom stereocenters. The average molecular weight is 304 g/mol. The number of fused-ring (bicyclic) bond motifs is 1. The van der Waals surface area contributed by atoms with E-state index in [1.807, 2.05) is 24.3 Å². The molecule has 1 N–H and O–H groups in total. The summed E-state index contributed by atoms with van der Waals surface area (Å²) in [5, 5.41) is 11.2. The van der Waals surface area contributed by atoms with Crippen molar-refractivity contribution in [3.8, 4) is 11.6 Å². The first kappa shape index (κ1) is 13.8. The molecule has 2 aromatic carbocycles. The molecular weight excluding hydrogens is 293 g/mol. The quantitative estimate of drug-likeness (QED) is 0.784. The van der Waals surface area contributed by atoms with Gasteiger partial charge in [0.1, 0.15) is 5.75 Å². The van der Waals surface area contributed by atoms with Crippen molar-refractivity contribution < 1.29 is 14.2 Å². The molecule has 0 aliphatic rings. The van der Waals surface area contributed by atoms with E-state index >= 15 is 0 Å². The summed E-state index contributed by atoms with van der Waals surface area (Å²) in [6.07, 6.45) is 1.39. The van der Waals surface area contributed by atoms with Crippen molar-refractivity contribution in [3.05, 3.63) is 65.1 Å². The second-order valence-corrected chi connectivity index (χ2v) is 4.85. The summed E-state index contributed by atoms with van der Waals surface area (Å²) in [7, 11) is 0. The lowest BCUT2D eigenvalue weighted by molar-refractivity contribution is 0.273.